The summed E-state index contributed by atoms with van der Waals surface area (Å²) in [5, 5.41) is 10.3. The minimum absolute atomic E-state index is 0.0521. The quantitative estimate of drug-likeness (QED) is 0.712. The Balaban J connectivity index is 1.73. The second-order valence-electron chi connectivity index (χ2n) is 6.52. The summed E-state index contributed by atoms with van der Waals surface area (Å²) in [6, 6.07) is 0.905. The maximum Gasteiger partial charge on any atom is 0.410 e. The number of carbonyl (C=O) groups excluding carboxylic acids is 2. The number of carbonyl (C=O) groups is 2. The van der Waals surface area contributed by atoms with Gasteiger partial charge in [-0.25, -0.2) is 9.78 Å². The number of aromatic nitrogens is 2. The number of fused-ring (bicyclic) bond motifs is 1. The Hall–Kier alpha value is -2.23. The molecule has 0 saturated carbocycles. The van der Waals surface area contributed by atoms with Gasteiger partial charge in [0.2, 0.25) is 0 Å². The molecule has 0 radical (unpaired) electrons. The minimum atomic E-state index is -0.831. The molecule has 0 spiro atoms. The van der Waals surface area contributed by atoms with E-state index in [4.69, 9.17) is 16.3 Å². The first-order chi connectivity index (χ1) is 13.4. The molecular formula is C18H20ClN3O5S. The lowest BCUT2D eigenvalue weighted by Crippen LogP contribution is -2.52. The van der Waals surface area contributed by atoms with Gasteiger partial charge in [-0.1, -0.05) is 24.3 Å². The molecule has 1 amide bonds. The number of rotatable bonds is 6. The number of aliphatic hydroxyl groups excluding tert-OH is 1. The van der Waals surface area contributed by atoms with Gasteiger partial charge in [0.05, 0.1) is 34.9 Å². The third-order valence-corrected chi connectivity index (χ3v) is 5.80. The van der Waals surface area contributed by atoms with E-state index < -0.39 is 18.2 Å². The Morgan fingerprint density at radius 3 is 3.04 bits per heavy atom. The monoisotopic (exact) mass is 425 g/mol. The highest BCUT2D eigenvalue weighted by atomic mass is 35.5. The third kappa shape index (κ3) is 4.43. The number of hydrogen-bond acceptors (Lipinski definition) is 7. The number of ketones is 1. The molecule has 1 N–H and O–H groups in total. The van der Waals surface area contributed by atoms with Crippen molar-refractivity contribution in [1.29, 1.82) is 0 Å². The van der Waals surface area contributed by atoms with Crippen LogP contribution in [0.4, 0.5) is 4.79 Å². The molecule has 1 aliphatic heterocycles. The van der Waals surface area contributed by atoms with Gasteiger partial charge in [0.1, 0.15) is 11.3 Å². The van der Waals surface area contributed by atoms with Gasteiger partial charge in [0.25, 0.3) is 5.56 Å². The number of Topliss-reactive ketones (excluding diaryl/α,β-unsaturated/α-hetero) is 1. The molecule has 0 aromatic carbocycles. The van der Waals surface area contributed by atoms with Crippen molar-refractivity contribution < 1.29 is 19.4 Å². The normalized spacial score (nSPS) is 19.6. The van der Waals surface area contributed by atoms with Gasteiger partial charge < -0.3 is 14.7 Å². The van der Waals surface area contributed by atoms with Gasteiger partial charge in [0.15, 0.2) is 5.78 Å². The van der Waals surface area contributed by atoms with Crippen molar-refractivity contribution in [2.45, 2.75) is 38.0 Å². The molecule has 2 unspecified atom stereocenters. The summed E-state index contributed by atoms with van der Waals surface area (Å²) in [5.74, 6) is -0.293. The van der Waals surface area contributed by atoms with E-state index in [9.17, 15) is 19.5 Å². The number of nitrogens with zero attached hydrogens (tertiary/aromatic N) is 3. The van der Waals surface area contributed by atoms with E-state index >= 15 is 0 Å². The molecule has 0 bridgehead atoms. The summed E-state index contributed by atoms with van der Waals surface area (Å²) in [5.41, 5.74) is 0.143. The highest BCUT2D eigenvalue weighted by Crippen LogP contribution is 2.25. The Labute approximate surface area is 170 Å². The van der Waals surface area contributed by atoms with Crippen LogP contribution in [-0.2, 0) is 16.1 Å². The molecule has 150 valence electrons. The first-order valence-corrected chi connectivity index (χ1v) is 9.98. The number of amides is 1. The molecule has 1 saturated heterocycles. The third-order valence-electron chi connectivity index (χ3n) is 4.56. The molecule has 2 aromatic rings. The zero-order valence-electron chi connectivity index (χ0n) is 15.0. The van der Waals surface area contributed by atoms with E-state index in [0.717, 1.165) is 11.3 Å². The first kappa shape index (κ1) is 20.5. The predicted octanol–water partition coefficient (Wildman–Crippen LogP) is 2.22. The lowest BCUT2D eigenvalue weighted by molar-refractivity contribution is -0.122. The summed E-state index contributed by atoms with van der Waals surface area (Å²) in [6.07, 6.45) is 2.36. The molecule has 1 aliphatic rings. The van der Waals surface area contributed by atoms with Crippen molar-refractivity contribution in [3.8, 4) is 0 Å². The minimum Gasteiger partial charge on any atom is -0.445 e. The van der Waals surface area contributed by atoms with E-state index in [-0.39, 0.29) is 30.9 Å². The largest absolute Gasteiger partial charge is 0.445 e. The second-order valence-corrected chi connectivity index (χ2v) is 8.20. The maximum atomic E-state index is 12.6. The van der Waals surface area contributed by atoms with Crippen molar-refractivity contribution in [3.05, 3.63) is 39.7 Å². The fraction of sp³-hybridized carbons (Fsp3) is 0.444. The van der Waals surface area contributed by atoms with Crippen molar-refractivity contribution in [3.63, 3.8) is 0 Å². The van der Waals surface area contributed by atoms with Crippen molar-refractivity contribution in [2.24, 2.45) is 0 Å². The highest BCUT2D eigenvalue weighted by Gasteiger charge is 2.35. The average molecular weight is 426 g/mol. The van der Waals surface area contributed by atoms with Crippen LogP contribution in [0.2, 0.25) is 4.34 Å². The SMILES string of the molecule is C=CCOC(=O)N1CCCC(O)C1CC(=O)Cn1cnc2cc(Cl)sc2c1=O. The van der Waals surface area contributed by atoms with Gasteiger partial charge in [-0.3, -0.25) is 14.2 Å². The standard InChI is InChI=1S/C18H20ClN3O5S/c1-2-6-27-18(26)22-5-3-4-14(24)13(22)7-11(23)9-21-10-20-12-8-15(19)28-16(12)17(21)25/h2,8,10,13-14,24H,1,3-7,9H2. The summed E-state index contributed by atoms with van der Waals surface area (Å²) >= 11 is 7.03. The van der Waals surface area contributed by atoms with Crippen LogP contribution in [0.1, 0.15) is 19.3 Å². The van der Waals surface area contributed by atoms with Crippen LogP contribution in [0.5, 0.6) is 0 Å². The number of piperidine rings is 1. The number of likely N-dealkylation sites (tertiary alicyclic amines) is 1. The van der Waals surface area contributed by atoms with Crippen LogP contribution < -0.4 is 5.56 Å². The zero-order valence-corrected chi connectivity index (χ0v) is 16.6. The fourth-order valence-corrected chi connectivity index (χ4v) is 4.36. The zero-order chi connectivity index (χ0) is 20.3. The molecule has 0 aliphatic carbocycles. The van der Waals surface area contributed by atoms with E-state index in [1.807, 2.05) is 0 Å². The van der Waals surface area contributed by atoms with Crippen molar-refractivity contribution >= 4 is 45.0 Å². The smallest absolute Gasteiger partial charge is 0.410 e. The molecular weight excluding hydrogens is 406 g/mol. The molecule has 1 fully saturated rings. The van der Waals surface area contributed by atoms with Crippen LogP contribution in [0.15, 0.2) is 29.8 Å². The fourth-order valence-electron chi connectivity index (χ4n) is 3.24. The maximum absolute atomic E-state index is 12.6. The van der Waals surface area contributed by atoms with E-state index in [1.165, 1.54) is 21.9 Å². The van der Waals surface area contributed by atoms with Gasteiger partial charge in [-0.2, -0.15) is 0 Å². The number of hydrogen-bond donors (Lipinski definition) is 1. The van der Waals surface area contributed by atoms with Gasteiger partial charge in [-0.15, -0.1) is 11.3 Å². The molecule has 3 heterocycles. The van der Waals surface area contributed by atoms with Gasteiger partial charge >= 0.3 is 6.09 Å². The van der Waals surface area contributed by atoms with Crippen LogP contribution in [0.25, 0.3) is 10.2 Å². The van der Waals surface area contributed by atoms with Crippen LogP contribution in [0.3, 0.4) is 0 Å². The number of ether oxygens (including phenoxy) is 1. The number of aliphatic hydroxyl groups is 1. The summed E-state index contributed by atoms with van der Waals surface area (Å²) in [7, 11) is 0. The Morgan fingerprint density at radius 1 is 1.50 bits per heavy atom. The topological polar surface area (TPSA) is 102 Å². The van der Waals surface area contributed by atoms with E-state index in [1.54, 1.807) is 6.07 Å². The predicted molar refractivity (Wildman–Crippen MR) is 106 cm³/mol. The van der Waals surface area contributed by atoms with Gasteiger partial charge in [-0.05, 0) is 18.9 Å². The van der Waals surface area contributed by atoms with E-state index in [0.29, 0.717) is 33.9 Å². The Morgan fingerprint density at radius 2 is 2.29 bits per heavy atom. The summed E-state index contributed by atoms with van der Waals surface area (Å²) in [4.78, 5) is 42.8. The summed E-state index contributed by atoms with van der Waals surface area (Å²) < 4.78 is 7.09. The van der Waals surface area contributed by atoms with E-state index in [2.05, 4.69) is 11.6 Å². The molecule has 2 aromatic heterocycles. The molecule has 10 heteroatoms. The molecule has 2 atom stereocenters. The summed E-state index contributed by atoms with van der Waals surface area (Å²) in [6.45, 7) is 3.74. The Kier molecular flexibility index (Phi) is 6.48. The lowest BCUT2D eigenvalue weighted by atomic mass is 9.95. The second kappa shape index (κ2) is 8.85. The molecule has 8 nitrogen and oxygen atoms in total. The van der Waals surface area contributed by atoms with Crippen LogP contribution in [-0.4, -0.2) is 56.7 Å². The Bertz CT molecular complexity index is 956. The average Bonchev–Trinajstić information content (AvgIpc) is 3.05. The van der Waals surface area contributed by atoms with Crippen LogP contribution in [0, 0.1) is 0 Å². The number of halogens is 1. The lowest BCUT2D eigenvalue weighted by Gasteiger charge is -2.37. The van der Waals surface area contributed by atoms with Gasteiger partial charge in [0, 0.05) is 13.0 Å². The number of thiophene rings is 1. The molecule has 3 rings (SSSR count). The molecule has 28 heavy (non-hydrogen) atoms. The van der Waals surface area contributed by atoms with Crippen molar-refractivity contribution in [1.82, 2.24) is 14.5 Å². The highest BCUT2D eigenvalue weighted by molar-refractivity contribution is 7.22. The first-order valence-electron chi connectivity index (χ1n) is 8.79. The van der Waals surface area contributed by atoms with Crippen LogP contribution >= 0.6 is 22.9 Å². The van der Waals surface area contributed by atoms with Crippen molar-refractivity contribution in [2.75, 3.05) is 13.2 Å².